The van der Waals surface area contributed by atoms with Crippen molar-refractivity contribution in [2.45, 2.75) is 12.5 Å². The average Bonchev–Trinajstić information content (AvgIpc) is 2.61. The van der Waals surface area contributed by atoms with Gasteiger partial charge in [-0.2, -0.15) is 0 Å². The highest BCUT2D eigenvalue weighted by molar-refractivity contribution is 5.97. The monoisotopic (exact) mass is 343 g/mol. The summed E-state index contributed by atoms with van der Waals surface area (Å²) in [6, 6.07) is 13.0. The van der Waals surface area contributed by atoms with Crippen molar-refractivity contribution in [3.8, 4) is 0 Å². The van der Waals surface area contributed by atoms with Gasteiger partial charge in [-0.3, -0.25) is 14.4 Å². The number of primary amides is 1. The maximum absolute atomic E-state index is 12.9. The fourth-order valence-electron chi connectivity index (χ4n) is 2.18. The van der Waals surface area contributed by atoms with Gasteiger partial charge in [-0.1, -0.05) is 30.3 Å². The van der Waals surface area contributed by atoms with E-state index in [9.17, 15) is 18.8 Å². The third kappa shape index (κ3) is 5.72. The van der Waals surface area contributed by atoms with E-state index in [4.69, 9.17) is 5.73 Å². The number of nitrogens with one attached hydrogen (secondary N) is 2. The van der Waals surface area contributed by atoms with Gasteiger partial charge in [0, 0.05) is 12.0 Å². The number of carbonyl (C=O) groups excluding carboxylic acids is 3. The lowest BCUT2D eigenvalue weighted by Crippen LogP contribution is -2.49. The van der Waals surface area contributed by atoms with Crippen LogP contribution in [0, 0.1) is 5.82 Å². The lowest BCUT2D eigenvalue weighted by molar-refractivity contribution is -0.126. The molecular formula is C18H18FN3O3. The highest BCUT2D eigenvalue weighted by Crippen LogP contribution is 2.06. The molecule has 25 heavy (non-hydrogen) atoms. The number of nitrogens with two attached hydrogens (primary N) is 1. The molecule has 6 nitrogen and oxygen atoms in total. The smallest absolute Gasteiger partial charge is 0.251 e. The van der Waals surface area contributed by atoms with Crippen LogP contribution in [0.1, 0.15) is 15.9 Å². The number of halogens is 1. The Kier molecular flexibility index (Phi) is 6.22. The predicted octanol–water partition coefficient (Wildman–Crippen LogP) is 0.768. The molecule has 0 radical (unpaired) electrons. The molecule has 0 aliphatic heterocycles. The molecule has 7 heteroatoms. The minimum atomic E-state index is -0.952. The lowest BCUT2D eigenvalue weighted by Gasteiger charge is -2.16. The Labute approximate surface area is 144 Å². The van der Waals surface area contributed by atoms with Gasteiger partial charge in [-0.05, 0) is 29.8 Å². The Hall–Kier alpha value is -3.22. The normalized spacial score (nSPS) is 11.4. The van der Waals surface area contributed by atoms with Crippen LogP contribution in [0.5, 0.6) is 0 Å². The topological polar surface area (TPSA) is 101 Å². The van der Waals surface area contributed by atoms with Gasteiger partial charge in [-0.15, -0.1) is 0 Å². The van der Waals surface area contributed by atoms with E-state index in [1.165, 1.54) is 24.3 Å². The van der Waals surface area contributed by atoms with E-state index < -0.39 is 29.6 Å². The van der Waals surface area contributed by atoms with Crippen LogP contribution >= 0.6 is 0 Å². The number of rotatable bonds is 7. The zero-order valence-corrected chi connectivity index (χ0v) is 13.4. The van der Waals surface area contributed by atoms with Crippen molar-refractivity contribution in [1.82, 2.24) is 10.6 Å². The summed E-state index contributed by atoms with van der Waals surface area (Å²) in [6.45, 7) is -0.291. The summed E-state index contributed by atoms with van der Waals surface area (Å²) < 4.78 is 12.9. The Balaban J connectivity index is 1.88. The van der Waals surface area contributed by atoms with Crippen molar-refractivity contribution in [2.75, 3.05) is 6.54 Å². The van der Waals surface area contributed by atoms with Crippen LogP contribution < -0.4 is 16.4 Å². The Morgan fingerprint density at radius 1 is 1.00 bits per heavy atom. The quantitative estimate of drug-likeness (QED) is 0.692. The third-order valence-corrected chi connectivity index (χ3v) is 3.48. The minimum Gasteiger partial charge on any atom is -0.368 e. The second-order valence-corrected chi connectivity index (χ2v) is 5.40. The fraction of sp³-hybridized carbons (Fsp3) is 0.167. The van der Waals surface area contributed by atoms with E-state index in [0.29, 0.717) is 11.1 Å². The molecule has 0 aromatic heterocycles. The molecule has 0 spiro atoms. The number of benzene rings is 2. The molecule has 0 bridgehead atoms. The van der Waals surface area contributed by atoms with Gasteiger partial charge in [0.05, 0.1) is 6.54 Å². The molecule has 2 rings (SSSR count). The summed E-state index contributed by atoms with van der Waals surface area (Å²) in [6.07, 6.45) is 0.133. The number of amides is 3. The van der Waals surface area contributed by atoms with E-state index in [1.807, 2.05) is 0 Å². The van der Waals surface area contributed by atoms with E-state index >= 15 is 0 Å². The molecule has 0 saturated carbocycles. The minimum absolute atomic E-state index is 0.133. The maximum atomic E-state index is 12.9. The van der Waals surface area contributed by atoms with E-state index in [-0.39, 0.29) is 13.0 Å². The molecule has 0 aliphatic carbocycles. The summed E-state index contributed by atoms with van der Waals surface area (Å²) in [5, 5.41) is 4.93. The first-order valence-electron chi connectivity index (χ1n) is 7.62. The second kappa shape index (κ2) is 8.58. The Morgan fingerprint density at radius 3 is 2.24 bits per heavy atom. The fourth-order valence-corrected chi connectivity index (χ4v) is 2.18. The molecule has 2 aromatic carbocycles. The van der Waals surface area contributed by atoms with Crippen LogP contribution in [-0.2, 0) is 16.0 Å². The molecule has 0 heterocycles. The van der Waals surface area contributed by atoms with Gasteiger partial charge in [0.25, 0.3) is 5.91 Å². The standard InChI is InChI=1S/C18H18FN3O3/c19-14-8-6-12(7-9-14)10-15(17(20)24)22-16(23)11-21-18(25)13-4-2-1-3-5-13/h1-9,15H,10-11H2,(H2,20,24)(H,21,25)(H,22,23)/t15-/m1/s1. The second-order valence-electron chi connectivity index (χ2n) is 5.40. The largest absolute Gasteiger partial charge is 0.368 e. The number of carbonyl (C=O) groups is 3. The van der Waals surface area contributed by atoms with Crippen molar-refractivity contribution in [2.24, 2.45) is 5.73 Å². The van der Waals surface area contributed by atoms with Gasteiger partial charge in [0.2, 0.25) is 11.8 Å². The van der Waals surface area contributed by atoms with Gasteiger partial charge in [0.15, 0.2) is 0 Å². The van der Waals surface area contributed by atoms with Crippen molar-refractivity contribution in [1.29, 1.82) is 0 Å². The Morgan fingerprint density at radius 2 is 1.64 bits per heavy atom. The molecule has 2 aromatic rings. The van der Waals surface area contributed by atoms with Crippen LogP contribution in [0.4, 0.5) is 4.39 Å². The van der Waals surface area contributed by atoms with Crippen LogP contribution in [0.3, 0.4) is 0 Å². The average molecular weight is 343 g/mol. The molecule has 0 fully saturated rings. The maximum Gasteiger partial charge on any atom is 0.251 e. The van der Waals surface area contributed by atoms with Crippen molar-refractivity contribution < 1.29 is 18.8 Å². The molecule has 0 aliphatic rings. The summed E-state index contributed by atoms with van der Waals surface area (Å²) in [5.41, 5.74) is 6.37. The summed E-state index contributed by atoms with van der Waals surface area (Å²) >= 11 is 0. The van der Waals surface area contributed by atoms with Crippen LogP contribution in [-0.4, -0.2) is 30.3 Å². The van der Waals surface area contributed by atoms with Gasteiger partial charge < -0.3 is 16.4 Å². The van der Waals surface area contributed by atoms with Crippen molar-refractivity contribution in [3.05, 3.63) is 71.5 Å². The van der Waals surface area contributed by atoms with Crippen LogP contribution in [0.2, 0.25) is 0 Å². The Bertz CT molecular complexity index is 748. The van der Waals surface area contributed by atoms with Gasteiger partial charge >= 0.3 is 0 Å². The van der Waals surface area contributed by atoms with E-state index in [0.717, 1.165) is 0 Å². The first-order chi connectivity index (χ1) is 12.0. The first-order valence-corrected chi connectivity index (χ1v) is 7.62. The molecule has 0 saturated heterocycles. The molecule has 0 unspecified atom stereocenters. The first kappa shape index (κ1) is 18.1. The summed E-state index contributed by atoms with van der Waals surface area (Å²) in [4.78, 5) is 35.3. The molecule has 1 atom stereocenters. The lowest BCUT2D eigenvalue weighted by atomic mass is 10.1. The molecule has 4 N–H and O–H groups in total. The zero-order valence-electron chi connectivity index (χ0n) is 13.4. The predicted molar refractivity (Wildman–Crippen MR) is 90.0 cm³/mol. The van der Waals surface area contributed by atoms with Crippen LogP contribution in [0.25, 0.3) is 0 Å². The van der Waals surface area contributed by atoms with E-state index in [2.05, 4.69) is 10.6 Å². The van der Waals surface area contributed by atoms with Crippen molar-refractivity contribution in [3.63, 3.8) is 0 Å². The highest BCUT2D eigenvalue weighted by atomic mass is 19.1. The highest BCUT2D eigenvalue weighted by Gasteiger charge is 2.19. The molecular weight excluding hydrogens is 325 g/mol. The SMILES string of the molecule is NC(=O)[C@@H](Cc1ccc(F)cc1)NC(=O)CNC(=O)c1ccccc1. The summed E-state index contributed by atoms with van der Waals surface area (Å²) in [5.74, 6) is -2.06. The molecule has 130 valence electrons. The zero-order chi connectivity index (χ0) is 18.2. The van der Waals surface area contributed by atoms with Gasteiger partial charge in [0.1, 0.15) is 11.9 Å². The van der Waals surface area contributed by atoms with Gasteiger partial charge in [-0.25, -0.2) is 4.39 Å². The molecule has 3 amide bonds. The van der Waals surface area contributed by atoms with E-state index in [1.54, 1.807) is 30.3 Å². The van der Waals surface area contributed by atoms with Crippen LogP contribution in [0.15, 0.2) is 54.6 Å². The number of hydrogen-bond donors (Lipinski definition) is 3. The third-order valence-electron chi connectivity index (χ3n) is 3.48. The summed E-state index contributed by atoms with van der Waals surface area (Å²) in [7, 11) is 0. The number of hydrogen-bond acceptors (Lipinski definition) is 3. The van der Waals surface area contributed by atoms with Crippen molar-refractivity contribution >= 4 is 17.7 Å².